The molecule has 0 aromatic carbocycles. The molecule has 1 aromatic heterocycles. The highest BCUT2D eigenvalue weighted by molar-refractivity contribution is 7.12. The van der Waals surface area contributed by atoms with Crippen molar-refractivity contribution in [2.75, 3.05) is 7.11 Å². The van der Waals surface area contributed by atoms with E-state index in [1.54, 1.807) is 11.3 Å². The molecule has 0 aliphatic heterocycles. The summed E-state index contributed by atoms with van der Waals surface area (Å²) in [5.74, 6) is -0.154. The predicted molar refractivity (Wildman–Crippen MR) is 87.4 cm³/mol. The maximum absolute atomic E-state index is 12.5. The van der Waals surface area contributed by atoms with E-state index in [4.69, 9.17) is 4.74 Å². The summed E-state index contributed by atoms with van der Waals surface area (Å²) >= 11 is 1.55. The maximum Gasteiger partial charge on any atom is 0.308 e. The Morgan fingerprint density at radius 2 is 1.91 bits per heavy atom. The van der Waals surface area contributed by atoms with Gasteiger partial charge in [0.05, 0.1) is 25.2 Å². The van der Waals surface area contributed by atoms with Crippen LogP contribution in [0.2, 0.25) is 0 Å². The monoisotopic (exact) mass is 337 g/mol. The molecule has 1 amide bonds. The molecule has 0 radical (unpaired) electrons. The fraction of sp³-hybridized carbons (Fsp3) is 0.647. The quantitative estimate of drug-likeness (QED) is 0.827. The number of hydrogen-bond donors (Lipinski definition) is 2. The zero-order valence-corrected chi connectivity index (χ0v) is 14.6. The van der Waals surface area contributed by atoms with Crippen LogP contribution in [-0.2, 0) is 16.1 Å². The van der Waals surface area contributed by atoms with E-state index in [9.17, 15) is 14.7 Å². The van der Waals surface area contributed by atoms with Gasteiger partial charge in [0.1, 0.15) is 0 Å². The molecule has 0 atom stereocenters. The summed E-state index contributed by atoms with van der Waals surface area (Å²) in [6, 6.07) is 0.173. The topological polar surface area (TPSA) is 75.6 Å². The second kappa shape index (κ2) is 5.91. The standard InChI is InChI=1S/C17H23NO4S/c1-9-13(8-19)14(10(2)23-9)15(20)18-12-6-17(7-12)4-11(5-17)16(21)22-3/h11-12,19H,4-8H2,1-3H3,(H,18,20). The van der Waals surface area contributed by atoms with Gasteiger partial charge in [-0.1, -0.05) is 0 Å². The number of carbonyl (C=O) groups is 2. The second-order valence-electron chi connectivity index (χ2n) is 6.93. The van der Waals surface area contributed by atoms with Crippen molar-refractivity contribution >= 4 is 23.2 Å². The zero-order valence-electron chi connectivity index (χ0n) is 13.8. The van der Waals surface area contributed by atoms with E-state index < -0.39 is 0 Å². The Bertz CT molecular complexity index is 637. The van der Waals surface area contributed by atoms with E-state index in [1.165, 1.54) is 7.11 Å². The minimum atomic E-state index is -0.111. The first-order valence-electron chi connectivity index (χ1n) is 7.97. The molecule has 0 bridgehead atoms. The first-order valence-corrected chi connectivity index (χ1v) is 8.79. The number of ether oxygens (including phenoxy) is 1. The van der Waals surface area contributed by atoms with E-state index >= 15 is 0 Å². The molecule has 6 heteroatoms. The summed E-state index contributed by atoms with van der Waals surface area (Å²) < 4.78 is 4.78. The van der Waals surface area contributed by atoms with Crippen molar-refractivity contribution in [2.24, 2.45) is 11.3 Å². The molecule has 23 heavy (non-hydrogen) atoms. The Hall–Kier alpha value is -1.40. The highest BCUT2D eigenvalue weighted by atomic mass is 32.1. The Morgan fingerprint density at radius 1 is 1.26 bits per heavy atom. The van der Waals surface area contributed by atoms with Crippen LogP contribution >= 0.6 is 11.3 Å². The van der Waals surface area contributed by atoms with Crippen molar-refractivity contribution in [3.8, 4) is 0 Å². The third-order valence-electron chi connectivity index (χ3n) is 5.36. The van der Waals surface area contributed by atoms with Gasteiger partial charge >= 0.3 is 5.97 Å². The third-order valence-corrected chi connectivity index (χ3v) is 6.42. The van der Waals surface area contributed by atoms with Crippen LogP contribution < -0.4 is 5.32 Å². The van der Waals surface area contributed by atoms with Crippen LogP contribution in [0.3, 0.4) is 0 Å². The van der Waals surface area contributed by atoms with Crippen LogP contribution in [0.4, 0.5) is 0 Å². The number of nitrogens with one attached hydrogen (secondary N) is 1. The molecule has 0 unspecified atom stereocenters. The minimum Gasteiger partial charge on any atom is -0.469 e. The highest BCUT2D eigenvalue weighted by Gasteiger charge is 2.55. The second-order valence-corrected chi connectivity index (χ2v) is 8.36. The molecule has 2 N–H and O–H groups in total. The number of rotatable bonds is 4. The van der Waals surface area contributed by atoms with E-state index in [1.807, 2.05) is 13.8 Å². The van der Waals surface area contributed by atoms with Gasteiger partial charge < -0.3 is 15.2 Å². The summed E-state index contributed by atoms with van der Waals surface area (Å²) in [7, 11) is 1.43. The number of aryl methyl sites for hydroxylation is 2. The van der Waals surface area contributed by atoms with Gasteiger partial charge in [0.2, 0.25) is 0 Å². The first-order chi connectivity index (χ1) is 10.9. The van der Waals surface area contributed by atoms with E-state index in [0.717, 1.165) is 41.0 Å². The molecule has 0 saturated heterocycles. The molecule has 126 valence electrons. The predicted octanol–water partition coefficient (Wildman–Crippen LogP) is 2.32. The summed E-state index contributed by atoms with van der Waals surface area (Å²) in [5.41, 5.74) is 1.61. The van der Waals surface area contributed by atoms with Crippen molar-refractivity contribution in [1.29, 1.82) is 0 Å². The number of hydrogen-bond acceptors (Lipinski definition) is 5. The van der Waals surface area contributed by atoms with E-state index in [0.29, 0.717) is 5.56 Å². The fourth-order valence-electron chi connectivity index (χ4n) is 4.22. The number of aliphatic hydroxyl groups is 1. The Labute approximate surface area is 140 Å². The Morgan fingerprint density at radius 3 is 2.48 bits per heavy atom. The van der Waals surface area contributed by atoms with E-state index in [-0.39, 0.29) is 35.9 Å². The van der Waals surface area contributed by atoms with Crippen LogP contribution in [0.15, 0.2) is 0 Å². The van der Waals surface area contributed by atoms with Gasteiger partial charge in [0.15, 0.2) is 0 Å². The number of amides is 1. The number of carbonyl (C=O) groups excluding carboxylic acids is 2. The van der Waals surface area contributed by atoms with Gasteiger partial charge in [0, 0.05) is 21.4 Å². The van der Waals surface area contributed by atoms with Crippen molar-refractivity contribution in [3.05, 3.63) is 20.9 Å². The lowest BCUT2D eigenvalue weighted by Crippen LogP contribution is -2.57. The van der Waals surface area contributed by atoms with Gasteiger partial charge in [-0.15, -0.1) is 11.3 Å². The average molecular weight is 337 g/mol. The van der Waals surface area contributed by atoms with Gasteiger partial charge in [-0.25, -0.2) is 0 Å². The van der Waals surface area contributed by atoms with Crippen LogP contribution in [0.25, 0.3) is 0 Å². The Balaban J connectivity index is 1.55. The third kappa shape index (κ3) is 2.78. The van der Waals surface area contributed by atoms with Crippen molar-refractivity contribution in [2.45, 2.75) is 52.2 Å². The highest BCUT2D eigenvalue weighted by Crippen LogP contribution is 2.59. The number of esters is 1. The first kappa shape index (κ1) is 16.5. The lowest BCUT2D eigenvalue weighted by Gasteiger charge is -2.56. The number of methoxy groups -OCH3 is 1. The molecule has 1 heterocycles. The lowest BCUT2D eigenvalue weighted by atomic mass is 9.50. The summed E-state index contributed by atoms with van der Waals surface area (Å²) in [6.45, 7) is 3.74. The van der Waals surface area contributed by atoms with Crippen molar-refractivity contribution < 1.29 is 19.4 Å². The molecule has 1 aromatic rings. The van der Waals surface area contributed by atoms with Gasteiger partial charge in [-0.05, 0) is 44.9 Å². The zero-order chi connectivity index (χ0) is 16.8. The molecule has 1 spiro atoms. The molecule has 2 aliphatic carbocycles. The molecule has 5 nitrogen and oxygen atoms in total. The van der Waals surface area contributed by atoms with Crippen molar-refractivity contribution in [1.82, 2.24) is 5.32 Å². The van der Waals surface area contributed by atoms with E-state index in [2.05, 4.69) is 5.32 Å². The largest absolute Gasteiger partial charge is 0.469 e. The molecule has 2 saturated carbocycles. The number of aliphatic hydroxyl groups excluding tert-OH is 1. The fourth-order valence-corrected chi connectivity index (χ4v) is 5.28. The molecule has 2 aliphatic rings. The van der Waals surface area contributed by atoms with Crippen LogP contribution in [0, 0.1) is 25.2 Å². The normalized spacial score (nSPS) is 28.9. The Kier molecular flexibility index (Phi) is 4.23. The van der Waals surface area contributed by atoms with Crippen LogP contribution in [-0.4, -0.2) is 30.1 Å². The molecular formula is C17H23NO4S. The van der Waals surface area contributed by atoms with Crippen LogP contribution in [0.1, 0.15) is 51.4 Å². The molecule has 2 fully saturated rings. The van der Waals surface area contributed by atoms with Gasteiger partial charge in [-0.2, -0.15) is 0 Å². The summed E-state index contributed by atoms with van der Waals surface area (Å²) in [4.78, 5) is 25.9. The number of thiophene rings is 1. The minimum absolute atomic E-state index is 0.0411. The smallest absolute Gasteiger partial charge is 0.308 e. The lowest BCUT2D eigenvalue weighted by molar-refractivity contribution is -0.159. The SMILES string of the molecule is COC(=O)C1CC2(CC(NC(=O)c3c(C)sc(C)c3CO)C2)C1. The molecule has 3 rings (SSSR count). The average Bonchev–Trinajstić information content (AvgIpc) is 2.72. The van der Waals surface area contributed by atoms with Crippen molar-refractivity contribution in [3.63, 3.8) is 0 Å². The molecular weight excluding hydrogens is 314 g/mol. The summed E-state index contributed by atoms with van der Waals surface area (Å²) in [5, 5.41) is 12.6. The van der Waals surface area contributed by atoms with Gasteiger partial charge in [-0.3, -0.25) is 9.59 Å². The summed E-state index contributed by atoms with van der Waals surface area (Å²) in [6.07, 6.45) is 3.63. The van der Waals surface area contributed by atoms with Gasteiger partial charge in [0.25, 0.3) is 5.91 Å². The van der Waals surface area contributed by atoms with Crippen LogP contribution in [0.5, 0.6) is 0 Å². The maximum atomic E-state index is 12.5.